The summed E-state index contributed by atoms with van der Waals surface area (Å²) in [5, 5.41) is 37.2. The Morgan fingerprint density at radius 1 is 1.17 bits per heavy atom. The van der Waals surface area contributed by atoms with E-state index in [0.717, 1.165) is 7.11 Å². The SMILES string of the molecule is CO.O=C(O)CNC(=O)c1cccnc1C(=O)NC(CO)C(=O)O. The van der Waals surface area contributed by atoms with Crippen LogP contribution in [-0.4, -0.2) is 75.5 Å². The van der Waals surface area contributed by atoms with Gasteiger partial charge in [0.05, 0.1) is 12.2 Å². The molecular formula is C13H17N3O8. The van der Waals surface area contributed by atoms with Crippen molar-refractivity contribution in [3.8, 4) is 0 Å². The van der Waals surface area contributed by atoms with Gasteiger partial charge in [0, 0.05) is 13.3 Å². The number of aliphatic hydroxyl groups is 2. The number of hydrogen-bond donors (Lipinski definition) is 6. The Balaban J connectivity index is 0.00000254. The summed E-state index contributed by atoms with van der Waals surface area (Å²) in [6.45, 7) is -1.49. The monoisotopic (exact) mass is 343 g/mol. The maximum atomic E-state index is 11.9. The molecular weight excluding hydrogens is 326 g/mol. The summed E-state index contributed by atoms with van der Waals surface area (Å²) in [4.78, 5) is 48.6. The predicted molar refractivity (Wildman–Crippen MR) is 78.3 cm³/mol. The van der Waals surface area contributed by atoms with Gasteiger partial charge >= 0.3 is 11.9 Å². The highest BCUT2D eigenvalue weighted by Gasteiger charge is 2.24. The molecule has 0 aliphatic carbocycles. The molecule has 0 saturated heterocycles. The van der Waals surface area contributed by atoms with Crippen LogP contribution in [0.25, 0.3) is 0 Å². The number of rotatable bonds is 7. The molecule has 0 aliphatic heterocycles. The lowest BCUT2D eigenvalue weighted by Gasteiger charge is -2.13. The van der Waals surface area contributed by atoms with E-state index in [1.165, 1.54) is 18.3 Å². The number of carbonyl (C=O) groups excluding carboxylic acids is 2. The minimum Gasteiger partial charge on any atom is -0.480 e. The van der Waals surface area contributed by atoms with Crippen molar-refractivity contribution in [2.75, 3.05) is 20.3 Å². The molecule has 1 unspecified atom stereocenters. The van der Waals surface area contributed by atoms with Crippen molar-refractivity contribution >= 4 is 23.8 Å². The van der Waals surface area contributed by atoms with Crippen molar-refractivity contribution in [2.45, 2.75) is 6.04 Å². The van der Waals surface area contributed by atoms with Gasteiger partial charge in [-0.1, -0.05) is 0 Å². The summed E-state index contributed by atoms with van der Waals surface area (Å²) >= 11 is 0. The number of nitrogens with one attached hydrogen (secondary N) is 2. The van der Waals surface area contributed by atoms with Gasteiger partial charge in [0.2, 0.25) is 0 Å². The fourth-order valence-electron chi connectivity index (χ4n) is 1.43. The predicted octanol–water partition coefficient (Wildman–Crippen LogP) is -2.32. The Hall–Kier alpha value is -3.05. The van der Waals surface area contributed by atoms with Crippen LogP contribution in [0.4, 0.5) is 0 Å². The number of aliphatic hydroxyl groups excluding tert-OH is 2. The van der Waals surface area contributed by atoms with Gasteiger partial charge in [0.1, 0.15) is 12.2 Å². The minimum absolute atomic E-state index is 0.219. The van der Waals surface area contributed by atoms with Crippen LogP contribution in [0, 0.1) is 0 Å². The lowest BCUT2D eigenvalue weighted by Crippen LogP contribution is -2.44. The molecule has 0 saturated carbocycles. The van der Waals surface area contributed by atoms with E-state index in [1.807, 2.05) is 5.32 Å². The topological polar surface area (TPSA) is 186 Å². The van der Waals surface area contributed by atoms with Crippen molar-refractivity contribution in [1.82, 2.24) is 15.6 Å². The maximum Gasteiger partial charge on any atom is 0.328 e. The van der Waals surface area contributed by atoms with Crippen molar-refractivity contribution in [3.63, 3.8) is 0 Å². The van der Waals surface area contributed by atoms with Gasteiger partial charge in [0.25, 0.3) is 11.8 Å². The number of hydrogen-bond acceptors (Lipinski definition) is 7. The van der Waals surface area contributed by atoms with E-state index in [2.05, 4.69) is 10.3 Å². The largest absolute Gasteiger partial charge is 0.480 e. The van der Waals surface area contributed by atoms with Gasteiger partial charge in [-0.05, 0) is 12.1 Å². The number of nitrogens with zero attached hydrogens (tertiary/aromatic N) is 1. The smallest absolute Gasteiger partial charge is 0.328 e. The molecule has 0 aromatic carbocycles. The van der Waals surface area contributed by atoms with Crippen molar-refractivity contribution in [1.29, 1.82) is 0 Å². The molecule has 0 fully saturated rings. The summed E-state index contributed by atoms with van der Waals surface area (Å²) in [6, 6.07) is 1.03. The number of aromatic nitrogens is 1. The Labute approximate surface area is 135 Å². The van der Waals surface area contributed by atoms with Gasteiger partial charge in [-0.15, -0.1) is 0 Å². The first-order valence-corrected chi connectivity index (χ1v) is 6.41. The molecule has 1 heterocycles. The van der Waals surface area contributed by atoms with Crippen LogP contribution in [0.15, 0.2) is 18.3 Å². The third-order valence-electron chi connectivity index (χ3n) is 2.45. The first-order valence-electron chi connectivity index (χ1n) is 6.41. The quantitative estimate of drug-likeness (QED) is 0.316. The van der Waals surface area contributed by atoms with Gasteiger partial charge in [-0.25, -0.2) is 4.79 Å². The van der Waals surface area contributed by atoms with Crippen molar-refractivity contribution < 1.29 is 39.6 Å². The van der Waals surface area contributed by atoms with E-state index in [-0.39, 0.29) is 11.3 Å². The molecule has 1 atom stereocenters. The van der Waals surface area contributed by atoms with E-state index in [1.54, 1.807) is 0 Å². The summed E-state index contributed by atoms with van der Waals surface area (Å²) < 4.78 is 0. The molecule has 1 aromatic heterocycles. The molecule has 24 heavy (non-hydrogen) atoms. The maximum absolute atomic E-state index is 11.9. The number of carboxylic acid groups (broad SMARTS) is 2. The van der Waals surface area contributed by atoms with Crippen LogP contribution in [0.2, 0.25) is 0 Å². The van der Waals surface area contributed by atoms with Gasteiger partial charge in [-0.3, -0.25) is 19.4 Å². The zero-order chi connectivity index (χ0) is 18.7. The van der Waals surface area contributed by atoms with Gasteiger partial charge < -0.3 is 31.1 Å². The Bertz CT molecular complexity index is 605. The molecule has 0 radical (unpaired) electrons. The highest BCUT2D eigenvalue weighted by atomic mass is 16.4. The second-order valence-corrected chi connectivity index (χ2v) is 4.02. The van der Waals surface area contributed by atoms with Crippen molar-refractivity contribution in [2.24, 2.45) is 0 Å². The number of pyridine rings is 1. The highest BCUT2D eigenvalue weighted by Crippen LogP contribution is 2.06. The van der Waals surface area contributed by atoms with E-state index < -0.39 is 42.9 Å². The molecule has 1 aromatic rings. The first kappa shape index (κ1) is 20.9. The Kier molecular flexibility index (Phi) is 9.29. The van der Waals surface area contributed by atoms with Gasteiger partial charge in [-0.2, -0.15) is 0 Å². The second kappa shape index (κ2) is 10.6. The molecule has 1 rings (SSSR count). The zero-order valence-corrected chi connectivity index (χ0v) is 12.6. The Morgan fingerprint density at radius 3 is 2.29 bits per heavy atom. The standard InChI is InChI=1S/C12H13N3O7.CH4O/c16-5-7(12(21)22)15-11(20)9-6(2-1-3-13-9)10(19)14-4-8(17)18;1-2/h1-3,7,16H,4-5H2,(H,14,19)(H,15,20)(H,17,18)(H,21,22);2H,1H3. The lowest BCUT2D eigenvalue weighted by atomic mass is 10.1. The van der Waals surface area contributed by atoms with E-state index in [4.69, 9.17) is 20.4 Å². The number of amides is 2. The van der Waals surface area contributed by atoms with Crippen LogP contribution in [0.5, 0.6) is 0 Å². The average Bonchev–Trinajstić information content (AvgIpc) is 2.58. The van der Waals surface area contributed by atoms with Crippen LogP contribution in [-0.2, 0) is 9.59 Å². The molecule has 2 amide bonds. The van der Waals surface area contributed by atoms with E-state index in [0.29, 0.717) is 0 Å². The minimum atomic E-state index is -1.55. The molecule has 132 valence electrons. The lowest BCUT2D eigenvalue weighted by molar-refractivity contribution is -0.140. The first-order chi connectivity index (χ1) is 11.4. The zero-order valence-electron chi connectivity index (χ0n) is 12.6. The van der Waals surface area contributed by atoms with Crippen molar-refractivity contribution in [3.05, 3.63) is 29.6 Å². The third-order valence-corrected chi connectivity index (χ3v) is 2.45. The van der Waals surface area contributed by atoms with E-state index >= 15 is 0 Å². The highest BCUT2D eigenvalue weighted by molar-refractivity contribution is 6.07. The molecule has 11 nitrogen and oxygen atoms in total. The van der Waals surface area contributed by atoms with Crippen LogP contribution < -0.4 is 10.6 Å². The average molecular weight is 343 g/mol. The molecule has 6 N–H and O–H groups in total. The summed E-state index contributed by atoms with van der Waals surface area (Å²) in [6.07, 6.45) is 1.21. The van der Waals surface area contributed by atoms with E-state index in [9.17, 15) is 19.2 Å². The van der Waals surface area contributed by atoms with Gasteiger partial charge in [0.15, 0.2) is 6.04 Å². The number of carboxylic acids is 2. The Morgan fingerprint density at radius 2 is 1.79 bits per heavy atom. The molecule has 0 aliphatic rings. The number of carbonyl (C=O) groups is 4. The molecule has 0 bridgehead atoms. The van der Waals surface area contributed by atoms with Crippen LogP contribution in [0.3, 0.4) is 0 Å². The number of aliphatic carboxylic acids is 2. The molecule has 0 spiro atoms. The molecule has 11 heteroatoms. The fraction of sp³-hybridized carbons (Fsp3) is 0.308. The summed E-state index contributed by atoms with van der Waals surface area (Å²) in [5.74, 6) is -4.56. The normalized spacial score (nSPS) is 10.6. The second-order valence-electron chi connectivity index (χ2n) is 4.02. The summed E-state index contributed by atoms with van der Waals surface area (Å²) in [5.41, 5.74) is -0.603. The summed E-state index contributed by atoms with van der Waals surface area (Å²) in [7, 11) is 1.00. The third kappa shape index (κ3) is 6.37. The van der Waals surface area contributed by atoms with Crippen LogP contribution in [0.1, 0.15) is 20.8 Å². The fourth-order valence-corrected chi connectivity index (χ4v) is 1.43. The van der Waals surface area contributed by atoms with Crippen LogP contribution >= 0.6 is 0 Å².